The summed E-state index contributed by atoms with van der Waals surface area (Å²) in [6, 6.07) is 4.24. The van der Waals surface area contributed by atoms with Crippen LogP contribution in [0.2, 0.25) is 0 Å². The van der Waals surface area contributed by atoms with Gasteiger partial charge in [0.15, 0.2) is 0 Å². The van der Waals surface area contributed by atoms with Gasteiger partial charge in [0.05, 0.1) is 28.7 Å². The molecule has 22 heavy (non-hydrogen) atoms. The van der Waals surface area contributed by atoms with Gasteiger partial charge in [-0.05, 0) is 17.9 Å². The molecule has 0 radical (unpaired) electrons. The summed E-state index contributed by atoms with van der Waals surface area (Å²) in [7, 11) is -3.82. The number of hydrogen-bond acceptors (Lipinski definition) is 4. The van der Waals surface area contributed by atoms with E-state index >= 15 is 0 Å². The zero-order valence-corrected chi connectivity index (χ0v) is 14.1. The third-order valence-electron chi connectivity index (χ3n) is 2.60. The first-order valence-corrected chi connectivity index (χ1v) is 9.38. The Balaban J connectivity index is 3.02. The van der Waals surface area contributed by atoms with Crippen molar-refractivity contribution < 1.29 is 21.6 Å². The fourth-order valence-corrected chi connectivity index (χ4v) is 4.38. The topological polar surface area (TPSA) is 63.4 Å². The van der Waals surface area contributed by atoms with Crippen molar-refractivity contribution >= 4 is 39.0 Å². The van der Waals surface area contributed by atoms with Gasteiger partial charge in [-0.2, -0.15) is 17.5 Å². The number of nitrogens with zero attached hydrogens (tertiary/aromatic N) is 1. The standard InChI is InChI=1S/C12H15F3N2O2S3/c1-21-8-17(6-11(16)20)22(18,19)7-9-3-2-4-10(5-9)12(13,14)15/h2-5H,6-8H2,1H3,(H2,16,20). The minimum absolute atomic E-state index is 0.00154. The molecule has 0 spiro atoms. The van der Waals surface area contributed by atoms with Crippen LogP contribution in [0.5, 0.6) is 0 Å². The van der Waals surface area contributed by atoms with Crippen molar-refractivity contribution in [3.63, 3.8) is 0 Å². The Kier molecular flexibility index (Phi) is 6.65. The van der Waals surface area contributed by atoms with Gasteiger partial charge in [0, 0.05) is 0 Å². The SMILES string of the molecule is CSCN(CC(N)=S)S(=O)(=O)Cc1cccc(C(F)(F)F)c1. The Morgan fingerprint density at radius 3 is 2.55 bits per heavy atom. The highest BCUT2D eigenvalue weighted by Crippen LogP contribution is 2.30. The molecule has 10 heteroatoms. The number of benzene rings is 1. The lowest BCUT2D eigenvalue weighted by Gasteiger charge is -2.20. The maximum absolute atomic E-state index is 12.7. The largest absolute Gasteiger partial charge is 0.416 e. The molecular formula is C12H15F3N2O2S3. The molecule has 0 aliphatic carbocycles. The van der Waals surface area contributed by atoms with E-state index in [-0.39, 0.29) is 23.0 Å². The van der Waals surface area contributed by atoms with Gasteiger partial charge in [-0.1, -0.05) is 30.4 Å². The van der Waals surface area contributed by atoms with Gasteiger partial charge in [0.2, 0.25) is 10.0 Å². The molecule has 1 aromatic carbocycles. The molecule has 4 nitrogen and oxygen atoms in total. The quantitative estimate of drug-likeness (QED) is 0.588. The summed E-state index contributed by atoms with van der Waals surface area (Å²) in [6.07, 6.45) is -2.82. The van der Waals surface area contributed by atoms with E-state index in [0.717, 1.165) is 16.4 Å². The van der Waals surface area contributed by atoms with Crippen LogP contribution in [0.3, 0.4) is 0 Å². The molecule has 2 N–H and O–H groups in total. The number of alkyl halides is 3. The normalized spacial score (nSPS) is 12.6. The van der Waals surface area contributed by atoms with Crippen molar-refractivity contribution in [1.82, 2.24) is 4.31 Å². The summed E-state index contributed by atoms with van der Waals surface area (Å²) in [5.74, 6) is -0.418. The number of hydrogen-bond donors (Lipinski definition) is 1. The Morgan fingerprint density at radius 1 is 1.41 bits per heavy atom. The van der Waals surface area contributed by atoms with Crippen LogP contribution in [0.25, 0.3) is 0 Å². The third-order valence-corrected chi connectivity index (χ3v) is 5.21. The number of nitrogens with two attached hydrogens (primary N) is 1. The molecule has 0 unspecified atom stereocenters. The summed E-state index contributed by atoms with van der Waals surface area (Å²) in [5, 5.41) is 0. The highest BCUT2D eigenvalue weighted by Gasteiger charge is 2.31. The lowest BCUT2D eigenvalue weighted by Crippen LogP contribution is -2.38. The average molecular weight is 372 g/mol. The Hall–Kier alpha value is -0.840. The molecule has 0 atom stereocenters. The number of sulfonamides is 1. The molecule has 0 amide bonds. The second-order valence-corrected chi connectivity index (χ2v) is 7.78. The molecule has 0 saturated carbocycles. The van der Waals surface area contributed by atoms with Crippen molar-refractivity contribution in [3.8, 4) is 0 Å². The van der Waals surface area contributed by atoms with Gasteiger partial charge in [0.1, 0.15) is 0 Å². The van der Waals surface area contributed by atoms with E-state index in [1.165, 1.54) is 23.9 Å². The van der Waals surface area contributed by atoms with Crippen molar-refractivity contribution in [2.45, 2.75) is 11.9 Å². The van der Waals surface area contributed by atoms with Gasteiger partial charge >= 0.3 is 6.18 Å². The third kappa shape index (κ3) is 5.75. The summed E-state index contributed by atoms with van der Waals surface area (Å²) in [6.45, 7) is -0.141. The van der Waals surface area contributed by atoms with E-state index in [1.54, 1.807) is 6.26 Å². The minimum Gasteiger partial charge on any atom is -0.392 e. The molecule has 1 rings (SSSR count). The Morgan fingerprint density at radius 2 is 2.05 bits per heavy atom. The lowest BCUT2D eigenvalue weighted by molar-refractivity contribution is -0.137. The van der Waals surface area contributed by atoms with E-state index in [0.29, 0.717) is 0 Å². The number of halogens is 3. The first kappa shape index (κ1) is 19.2. The Labute approximate surface area is 136 Å². The van der Waals surface area contributed by atoms with Crippen LogP contribution in [-0.4, -0.2) is 36.4 Å². The summed E-state index contributed by atoms with van der Waals surface area (Å²) in [5.41, 5.74) is 4.54. The molecule has 0 aliphatic heterocycles. The monoisotopic (exact) mass is 372 g/mol. The van der Waals surface area contributed by atoms with Crippen LogP contribution < -0.4 is 5.73 Å². The number of rotatable bonds is 7. The van der Waals surface area contributed by atoms with Crippen molar-refractivity contribution in [2.24, 2.45) is 5.73 Å². The first-order valence-electron chi connectivity index (χ1n) is 5.97. The van der Waals surface area contributed by atoms with Gasteiger partial charge < -0.3 is 5.73 Å². The van der Waals surface area contributed by atoms with Crippen LogP contribution in [0.4, 0.5) is 13.2 Å². The summed E-state index contributed by atoms with van der Waals surface area (Å²) < 4.78 is 63.6. The van der Waals surface area contributed by atoms with Gasteiger partial charge in [-0.15, -0.1) is 11.8 Å². The minimum atomic E-state index is -4.52. The maximum Gasteiger partial charge on any atom is 0.416 e. The van der Waals surface area contributed by atoms with E-state index in [2.05, 4.69) is 0 Å². The van der Waals surface area contributed by atoms with Gasteiger partial charge in [-0.3, -0.25) is 0 Å². The molecule has 124 valence electrons. The fraction of sp³-hybridized carbons (Fsp3) is 0.417. The second kappa shape index (κ2) is 7.62. The van der Waals surface area contributed by atoms with Crippen LogP contribution in [0, 0.1) is 0 Å². The maximum atomic E-state index is 12.7. The molecule has 0 heterocycles. The molecule has 0 bridgehead atoms. The van der Waals surface area contributed by atoms with Crippen molar-refractivity contribution in [1.29, 1.82) is 0 Å². The number of thioether (sulfide) groups is 1. The van der Waals surface area contributed by atoms with Gasteiger partial charge in [-0.25, -0.2) is 8.42 Å². The molecule has 0 aromatic heterocycles. The van der Waals surface area contributed by atoms with E-state index in [1.807, 2.05) is 0 Å². The summed E-state index contributed by atoms with van der Waals surface area (Å²) >= 11 is 5.95. The highest BCUT2D eigenvalue weighted by atomic mass is 32.2. The van der Waals surface area contributed by atoms with Crippen molar-refractivity contribution in [3.05, 3.63) is 35.4 Å². The van der Waals surface area contributed by atoms with E-state index < -0.39 is 27.5 Å². The molecule has 0 fully saturated rings. The zero-order valence-electron chi connectivity index (χ0n) is 11.6. The fourth-order valence-electron chi connectivity index (χ4n) is 1.68. The molecule has 0 aliphatic rings. The lowest BCUT2D eigenvalue weighted by atomic mass is 10.1. The van der Waals surface area contributed by atoms with Gasteiger partial charge in [0.25, 0.3) is 0 Å². The molecule has 1 aromatic rings. The summed E-state index contributed by atoms with van der Waals surface area (Å²) in [4.78, 5) is 0.00154. The zero-order chi connectivity index (χ0) is 17.0. The van der Waals surface area contributed by atoms with E-state index in [9.17, 15) is 21.6 Å². The highest BCUT2D eigenvalue weighted by molar-refractivity contribution is 7.99. The predicted octanol–water partition coefficient (Wildman–Crippen LogP) is 2.44. The van der Waals surface area contributed by atoms with Crippen LogP contribution >= 0.6 is 24.0 Å². The van der Waals surface area contributed by atoms with Crippen molar-refractivity contribution in [2.75, 3.05) is 18.7 Å². The number of thiocarbonyl (C=S) groups is 1. The van der Waals surface area contributed by atoms with Crippen LogP contribution in [0.15, 0.2) is 24.3 Å². The average Bonchev–Trinajstić information content (AvgIpc) is 2.36. The van der Waals surface area contributed by atoms with Crippen LogP contribution in [-0.2, 0) is 22.0 Å². The molecular weight excluding hydrogens is 357 g/mol. The smallest absolute Gasteiger partial charge is 0.392 e. The Bertz CT molecular complexity index is 633. The first-order chi connectivity index (χ1) is 10.1. The second-order valence-electron chi connectivity index (χ2n) is 4.45. The predicted molar refractivity (Wildman–Crippen MR) is 85.9 cm³/mol. The molecule has 0 saturated heterocycles. The van der Waals surface area contributed by atoms with Crippen LogP contribution in [0.1, 0.15) is 11.1 Å². The van der Waals surface area contributed by atoms with E-state index in [4.69, 9.17) is 18.0 Å².